The van der Waals surface area contributed by atoms with Crippen molar-refractivity contribution in [3.8, 4) is 0 Å². The number of unbranched alkanes of at least 4 members (excludes halogenated alkanes) is 6. The molecule has 1 heteroatoms. The van der Waals surface area contributed by atoms with Gasteiger partial charge in [0.15, 0.2) is 0 Å². The van der Waals surface area contributed by atoms with Crippen molar-refractivity contribution in [2.75, 3.05) is 6.54 Å². The van der Waals surface area contributed by atoms with E-state index >= 15 is 0 Å². The second-order valence-corrected chi connectivity index (χ2v) is 2.76. The zero-order chi connectivity index (χ0) is 7.66. The summed E-state index contributed by atoms with van der Waals surface area (Å²) in [6.45, 7) is 4.66. The third-order valence-corrected chi connectivity index (χ3v) is 1.70. The highest BCUT2D eigenvalue weighted by atomic mass is 14.5. The molecule has 0 saturated heterocycles. The van der Waals surface area contributed by atoms with Crippen LogP contribution in [0.4, 0.5) is 0 Å². The second kappa shape index (κ2) is 8.96. The van der Waals surface area contributed by atoms with E-state index in [2.05, 4.69) is 6.92 Å². The van der Waals surface area contributed by atoms with Gasteiger partial charge in [-0.2, -0.15) is 0 Å². The maximum atomic E-state index is 5.36. The molecule has 0 aliphatic heterocycles. The maximum Gasteiger partial charge on any atom is -0.00773 e. The number of hydrogen-bond acceptors (Lipinski definition) is 1. The van der Waals surface area contributed by atoms with Crippen LogP contribution in [0.3, 0.4) is 0 Å². The van der Waals surface area contributed by atoms with E-state index < -0.39 is 0 Å². The van der Waals surface area contributed by atoms with Gasteiger partial charge >= 0.3 is 0 Å². The van der Waals surface area contributed by atoms with Crippen LogP contribution in [0.5, 0.6) is 0 Å². The van der Waals surface area contributed by atoms with E-state index in [1.54, 1.807) is 0 Å². The lowest BCUT2D eigenvalue weighted by molar-refractivity contribution is 0.600. The van der Waals surface area contributed by atoms with Crippen LogP contribution in [-0.2, 0) is 0 Å². The Hall–Kier alpha value is -0.0400. The summed E-state index contributed by atoms with van der Waals surface area (Å²) >= 11 is 0. The highest BCUT2D eigenvalue weighted by Gasteiger charge is 1.87. The van der Waals surface area contributed by atoms with Gasteiger partial charge in [-0.3, -0.25) is 0 Å². The van der Waals surface area contributed by atoms with E-state index in [0.717, 1.165) is 13.0 Å². The van der Waals surface area contributed by atoms with Crippen LogP contribution < -0.4 is 5.73 Å². The normalized spacial score (nSPS) is 10.2. The molecule has 0 fully saturated rings. The SMILES string of the molecule is [CH2]CCCCCCCCN. The molecule has 0 unspecified atom stereocenters. The van der Waals surface area contributed by atoms with Crippen LogP contribution in [0.2, 0.25) is 0 Å². The fraction of sp³-hybridized carbons (Fsp3) is 0.889. The zero-order valence-corrected chi connectivity index (χ0v) is 6.94. The van der Waals surface area contributed by atoms with Gasteiger partial charge in [0.2, 0.25) is 0 Å². The van der Waals surface area contributed by atoms with E-state index in [-0.39, 0.29) is 0 Å². The minimum absolute atomic E-state index is 0.856. The quantitative estimate of drug-likeness (QED) is 0.543. The van der Waals surface area contributed by atoms with Crippen molar-refractivity contribution in [3.63, 3.8) is 0 Å². The second-order valence-electron chi connectivity index (χ2n) is 2.76. The number of hydrogen-bond donors (Lipinski definition) is 1. The van der Waals surface area contributed by atoms with Crippen LogP contribution >= 0.6 is 0 Å². The molecule has 0 aromatic rings. The summed E-state index contributed by atoms with van der Waals surface area (Å²) in [5, 5.41) is 0. The first-order valence-electron chi connectivity index (χ1n) is 4.41. The molecule has 0 aliphatic rings. The Kier molecular flexibility index (Phi) is 8.92. The molecule has 1 nitrogen and oxygen atoms in total. The van der Waals surface area contributed by atoms with Gasteiger partial charge in [0.05, 0.1) is 0 Å². The first-order chi connectivity index (χ1) is 4.91. The van der Waals surface area contributed by atoms with Crippen LogP contribution in [0.25, 0.3) is 0 Å². The highest BCUT2D eigenvalue weighted by molar-refractivity contribution is 4.46. The summed E-state index contributed by atoms with van der Waals surface area (Å²) in [4.78, 5) is 0. The summed E-state index contributed by atoms with van der Waals surface area (Å²) in [6.07, 6.45) is 8.98. The Morgan fingerprint density at radius 2 is 1.30 bits per heavy atom. The third kappa shape index (κ3) is 7.96. The lowest BCUT2D eigenvalue weighted by atomic mass is 10.1. The standard InChI is InChI=1S/C9H20N/c1-2-3-4-5-6-7-8-9-10/h1-10H2. The molecule has 0 atom stereocenters. The molecule has 0 aliphatic carbocycles. The fourth-order valence-corrected chi connectivity index (χ4v) is 1.03. The Morgan fingerprint density at radius 3 is 1.80 bits per heavy atom. The number of rotatable bonds is 7. The fourth-order valence-electron chi connectivity index (χ4n) is 1.03. The average molecular weight is 142 g/mol. The lowest BCUT2D eigenvalue weighted by Gasteiger charge is -1.97. The third-order valence-electron chi connectivity index (χ3n) is 1.70. The maximum absolute atomic E-state index is 5.36. The van der Waals surface area contributed by atoms with E-state index in [1.165, 1.54) is 38.5 Å². The molecule has 2 N–H and O–H groups in total. The Labute approximate surface area is 65.0 Å². The van der Waals surface area contributed by atoms with E-state index in [1.807, 2.05) is 0 Å². The first-order valence-corrected chi connectivity index (χ1v) is 4.41. The van der Waals surface area contributed by atoms with Gasteiger partial charge in [-0.25, -0.2) is 0 Å². The summed E-state index contributed by atoms with van der Waals surface area (Å²) in [7, 11) is 0. The smallest absolute Gasteiger partial charge is 0.00773 e. The predicted octanol–water partition coefficient (Wildman–Crippen LogP) is 2.51. The zero-order valence-electron chi connectivity index (χ0n) is 6.94. The lowest BCUT2D eigenvalue weighted by Crippen LogP contribution is -1.97. The van der Waals surface area contributed by atoms with Crippen molar-refractivity contribution in [3.05, 3.63) is 6.92 Å². The molecular formula is C9H20N. The molecule has 0 amide bonds. The molecule has 0 saturated carbocycles. The predicted molar refractivity (Wildman–Crippen MR) is 46.7 cm³/mol. The van der Waals surface area contributed by atoms with Crippen molar-refractivity contribution in [1.29, 1.82) is 0 Å². The molecule has 0 spiro atoms. The molecule has 61 valence electrons. The van der Waals surface area contributed by atoms with E-state index in [9.17, 15) is 0 Å². The van der Waals surface area contributed by atoms with Gasteiger partial charge in [0.1, 0.15) is 0 Å². The van der Waals surface area contributed by atoms with Crippen molar-refractivity contribution >= 4 is 0 Å². The summed E-state index contributed by atoms with van der Waals surface area (Å²) in [6, 6.07) is 0. The topological polar surface area (TPSA) is 26.0 Å². The Balaban J connectivity index is 2.65. The van der Waals surface area contributed by atoms with Gasteiger partial charge in [0.25, 0.3) is 0 Å². The summed E-state index contributed by atoms with van der Waals surface area (Å²) in [5.74, 6) is 0. The van der Waals surface area contributed by atoms with E-state index in [0.29, 0.717) is 0 Å². The van der Waals surface area contributed by atoms with Gasteiger partial charge in [-0.05, 0) is 13.0 Å². The largest absolute Gasteiger partial charge is 0.330 e. The van der Waals surface area contributed by atoms with Gasteiger partial charge in [-0.1, -0.05) is 45.4 Å². The van der Waals surface area contributed by atoms with Crippen molar-refractivity contribution in [2.24, 2.45) is 5.73 Å². The molecule has 0 bridgehead atoms. The van der Waals surface area contributed by atoms with Gasteiger partial charge in [0, 0.05) is 0 Å². The average Bonchev–Trinajstić information content (AvgIpc) is 1.97. The van der Waals surface area contributed by atoms with Crippen LogP contribution in [0, 0.1) is 6.92 Å². The first kappa shape index (κ1) is 9.96. The Bertz CT molecular complexity index is 44.7. The molecule has 1 radical (unpaired) electrons. The summed E-state index contributed by atoms with van der Waals surface area (Å²) in [5.41, 5.74) is 5.36. The van der Waals surface area contributed by atoms with Crippen molar-refractivity contribution in [1.82, 2.24) is 0 Å². The highest BCUT2D eigenvalue weighted by Crippen LogP contribution is 2.05. The minimum Gasteiger partial charge on any atom is -0.330 e. The summed E-state index contributed by atoms with van der Waals surface area (Å²) < 4.78 is 0. The molecule has 10 heavy (non-hydrogen) atoms. The van der Waals surface area contributed by atoms with Crippen LogP contribution in [0.15, 0.2) is 0 Å². The van der Waals surface area contributed by atoms with Crippen molar-refractivity contribution < 1.29 is 0 Å². The monoisotopic (exact) mass is 142 g/mol. The van der Waals surface area contributed by atoms with E-state index in [4.69, 9.17) is 5.73 Å². The molecule has 0 rings (SSSR count). The minimum atomic E-state index is 0.856. The van der Waals surface area contributed by atoms with Crippen molar-refractivity contribution in [2.45, 2.75) is 44.9 Å². The van der Waals surface area contributed by atoms with Crippen LogP contribution in [-0.4, -0.2) is 6.54 Å². The molecule has 0 aromatic carbocycles. The number of nitrogens with two attached hydrogens (primary N) is 1. The molecular weight excluding hydrogens is 122 g/mol. The van der Waals surface area contributed by atoms with Crippen LogP contribution in [0.1, 0.15) is 44.9 Å². The molecule has 0 aromatic heterocycles. The van der Waals surface area contributed by atoms with Gasteiger partial charge < -0.3 is 5.73 Å². The Morgan fingerprint density at radius 1 is 0.800 bits per heavy atom. The van der Waals surface area contributed by atoms with Gasteiger partial charge in [-0.15, -0.1) is 0 Å². The molecule has 0 heterocycles.